The zero-order valence-corrected chi connectivity index (χ0v) is 13.3. The molecule has 0 aromatic heterocycles. The second-order valence-electron chi connectivity index (χ2n) is 5.50. The molecular formula is C18H20FNO3. The van der Waals surface area contributed by atoms with E-state index in [0.717, 1.165) is 29.0 Å². The van der Waals surface area contributed by atoms with Gasteiger partial charge in [0.15, 0.2) is 11.5 Å². The molecule has 2 aromatic rings. The lowest BCUT2D eigenvalue weighted by Gasteiger charge is -2.27. The maximum Gasteiger partial charge on any atom is 0.164 e. The highest BCUT2D eigenvalue weighted by atomic mass is 19.1. The van der Waals surface area contributed by atoms with Gasteiger partial charge >= 0.3 is 0 Å². The molecule has 1 heterocycles. The Bertz CT molecular complexity index is 690. The van der Waals surface area contributed by atoms with E-state index in [1.54, 1.807) is 20.3 Å². The summed E-state index contributed by atoms with van der Waals surface area (Å²) in [7, 11) is 3.19. The molecule has 0 radical (unpaired) electrons. The highest BCUT2D eigenvalue weighted by Crippen LogP contribution is 2.34. The molecule has 1 N–H and O–H groups in total. The Balaban J connectivity index is 1.66. The van der Waals surface area contributed by atoms with Crippen LogP contribution in [0.1, 0.15) is 11.1 Å². The van der Waals surface area contributed by atoms with E-state index in [2.05, 4.69) is 5.32 Å². The molecule has 2 aromatic carbocycles. The van der Waals surface area contributed by atoms with Gasteiger partial charge in [-0.3, -0.25) is 0 Å². The minimum atomic E-state index is -0.298. The number of para-hydroxylation sites is 1. The second kappa shape index (κ2) is 6.87. The topological polar surface area (TPSA) is 39.7 Å². The Morgan fingerprint density at radius 1 is 1.17 bits per heavy atom. The summed E-state index contributed by atoms with van der Waals surface area (Å²) in [5, 5.41) is 3.44. The highest BCUT2D eigenvalue weighted by Gasteiger charge is 2.22. The van der Waals surface area contributed by atoms with Crippen LogP contribution in [0.4, 0.5) is 4.39 Å². The van der Waals surface area contributed by atoms with E-state index in [9.17, 15) is 4.39 Å². The van der Waals surface area contributed by atoms with E-state index in [4.69, 9.17) is 14.2 Å². The summed E-state index contributed by atoms with van der Waals surface area (Å²) >= 11 is 0. The third-order valence-corrected chi connectivity index (χ3v) is 4.01. The predicted octanol–water partition coefficient (Wildman–Crippen LogP) is 2.94. The summed E-state index contributed by atoms with van der Waals surface area (Å²) in [4.78, 5) is 0. The van der Waals surface area contributed by atoms with E-state index in [1.807, 2.05) is 18.2 Å². The number of ether oxygens (including phenoxy) is 3. The SMILES string of the molecule is COc1cc(F)ccc1CNC1COc2c(cccc2OC)C1. The van der Waals surface area contributed by atoms with E-state index in [-0.39, 0.29) is 11.9 Å². The van der Waals surface area contributed by atoms with Gasteiger partial charge in [0.2, 0.25) is 0 Å². The van der Waals surface area contributed by atoms with Gasteiger partial charge in [0.05, 0.1) is 14.2 Å². The van der Waals surface area contributed by atoms with Gasteiger partial charge in [-0.1, -0.05) is 18.2 Å². The Labute approximate surface area is 135 Å². The highest BCUT2D eigenvalue weighted by molar-refractivity contribution is 5.48. The van der Waals surface area contributed by atoms with E-state index >= 15 is 0 Å². The van der Waals surface area contributed by atoms with E-state index in [1.165, 1.54) is 12.1 Å². The first kappa shape index (κ1) is 15.6. The molecule has 122 valence electrons. The fraction of sp³-hybridized carbons (Fsp3) is 0.333. The fourth-order valence-electron chi connectivity index (χ4n) is 2.80. The van der Waals surface area contributed by atoms with Gasteiger partial charge in [-0.15, -0.1) is 0 Å². The Hall–Kier alpha value is -2.27. The van der Waals surface area contributed by atoms with Crippen LogP contribution in [-0.4, -0.2) is 26.9 Å². The molecule has 23 heavy (non-hydrogen) atoms. The van der Waals surface area contributed by atoms with Crippen LogP contribution < -0.4 is 19.5 Å². The Kier molecular flexibility index (Phi) is 4.67. The van der Waals surface area contributed by atoms with Crippen LogP contribution in [-0.2, 0) is 13.0 Å². The Morgan fingerprint density at radius 3 is 2.78 bits per heavy atom. The van der Waals surface area contributed by atoms with Crippen molar-refractivity contribution in [2.24, 2.45) is 0 Å². The summed E-state index contributed by atoms with van der Waals surface area (Å²) in [6.07, 6.45) is 0.857. The van der Waals surface area contributed by atoms with Gasteiger partial charge < -0.3 is 19.5 Å². The smallest absolute Gasteiger partial charge is 0.164 e. The number of benzene rings is 2. The number of rotatable bonds is 5. The minimum Gasteiger partial charge on any atom is -0.496 e. The van der Waals surface area contributed by atoms with Crippen LogP contribution in [0.2, 0.25) is 0 Å². The monoisotopic (exact) mass is 317 g/mol. The third-order valence-electron chi connectivity index (χ3n) is 4.01. The molecule has 0 saturated carbocycles. The largest absolute Gasteiger partial charge is 0.496 e. The Morgan fingerprint density at radius 2 is 2.00 bits per heavy atom. The number of hydrogen-bond acceptors (Lipinski definition) is 4. The molecule has 1 aliphatic rings. The summed E-state index contributed by atoms with van der Waals surface area (Å²) in [6, 6.07) is 10.7. The molecule has 0 bridgehead atoms. The van der Waals surface area contributed by atoms with Crippen molar-refractivity contribution in [1.29, 1.82) is 0 Å². The van der Waals surface area contributed by atoms with Crippen LogP contribution in [0.25, 0.3) is 0 Å². The summed E-state index contributed by atoms with van der Waals surface area (Å²) < 4.78 is 29.6. The minimum absolute atomic E-state index is 0.185. The maximum atomic E-state index is 13.2. The lowest BCUT2D eigenvalue weighted by molar-refractivity contribution is 0.226. The van der Waals surface area contributed by atoms with Crippen molar-refractivity contribution in [2.75, 3.05) is 20.8 Å². The van der Waals surface area contributed by atoms with Gasteiger partial charge in [0.1, 0.15) is 18.2 Å². The molecule has 1 atom stereocenters. The first-order chi connectivity index (χ1) is 11.2. The van der Waals surface area contributed by atoms with Gasteiger partial charge in [-0.25, -0.2) is 4.39 Å². The molecule has 0 amide bonds. The molecule has 0 saturated heterocycles. The number of hydrogen-bond donors (Lipinski definition) is 1. The second-order valence-corrected chi connectivity index (χ2v) is 5.50. The lowest BCUT2D eigenvalue weighted by atomic mass is 10.0. The molecule has 3 rings (SSSR count). The van der Waals surface area contributed by atoms with Gasteiger partial charge in [-0.2, -0.15) is 0 Å². The van der Waals surface area contributed by atoms with Crippen LogP contribution in [0.3, 0.4) is 0 Å². The van der Waals surface area contributed by atoms with Crippen molar-refractivity contribution in [2.45, 2.75) is 19.0 Å². The average Bonchev–Trinajstić information content (AvgIpc) is 2.59. The van der Waals surface area contributed by atoms with Crippen molar-refractivity contribution in [3.8, 4) is 17.2 Å². The summed E-state index contributed by atoms with van der Waals surface area (Å²) in [5.41, 5.74) is 2.05. The zero-order chi connectivity index (χ0) is 16.2. The van der Waals surface area contributed by atoms with Crippen molar-refractivity contribution in [3.63, 3.8) is 0 Å². The molecule has 5 heteroatoms. The maximum absolute atomic E-state index is 13.2. The van der Waals surface area contributed by atoms with Gasteiger partial charge in [0.25, 0.3) is 0 Å². The van der Waals surface area contributed by atoms with Crippen molar-refractivity contribution >= 4 is 0 Å². The molecule has 4 nitrogen and oxygen atoms in total. The summed E-state index contributed by atoms with van der Waals surface area (Å²) in [6.45, 7) is 1.16. The summed E-state index contributed by atoms with van der Waals surface area (Å²) in [5.74, 6) is 1.84. The fourth-order valence-corrected chi connectivity index (χ4v) is 2.80. The normalized spacial score (nSPS) is 16.4. The van der Waals surface area contributed by atoms with Gasteiger partial charge in [0, 0.05) is 24.2 Å². The van der Waals surface area contributed by atoms with Gasteiger partial charge in [-0.05, 0) is 24.1 Å². The molecule has 0 aliphatic carbocycles. The van der Waals surface area contributed by atoms with Crippen LogP contribution >= 0.6 is 0 Å². The van der Waals surface area contributed by atoms with Crippen LogP contribution in [0.5, 0.6) is 17.2 Å². The number of nitrogens with one attached hydrogen (secondary N) is 1. The molecule has 1 unspecified atom stereocenters. The zero-order valence-electron chi connectivity index (χ0n) is 13.3. The molecule has 0 fully saturated rings. The predicted molar refractivity (Wildman–Crippen MR) is 85.8 cm³/mol. The van der Waals surface area contributed by atoms with Crippen LogP contribution in [0, 0.1) is 5.82 Å². The number of halogens is 1. The van der Waals surface area contributed by atoms with Crippen molar-refractivity contribution in [3.05, 3.63) is 53.3 Å². The lowest BCUT2D eigenvalue weighted by Crippen LogP contribution is -2.39. The molecule has 0 spiro atoms. The van der Waals surface area contributed by atoms with Crippen molar-refractivity contribution in [1.82, 2.24) is 5.32 Å². The van der Waals surface area contributed by atoms with E-state index in [0.29, 0.717) is 18.9 Å². The number of fused-ring (bicyclic) bond motifs is 1. The number of methoxy groups -OCH3 is 2. The first-order valence-electron chi connectivity index (χ1n) is 7.55. The standard InChI is InChI=1S/C18H20FNO3/c1-21-16-5-3-4-12-8-15(11-23-18(12)16)20-10-13-6-7-14(19)9-17(13)22-2/h3-7,9,15,20H,8,10-11H2,1-2H3. The third kappa shape index (κ3) is 3.40. The molecular weight excluding hydrogens is 297 g/mol. The van der Waals surface area contributed by atoms with Crippen molar-refractivity contribution < 1.29 is 18.6 Å². The van der Waals surface area contributed by atoms with E-state index < -0.39 is 0 Å². The first-order valence-corrected chi connectivity index (χ1v) is 7.55. The quantitative estimate of drug-likeness (QED) is 0.920. The average molecular weight is 317 g/mol. The molecule has 1 aliphatic heterocycles. The van der Waals surface area contributed by atoms with Crippen LogP contribution in [0.15, 0.2) is 36.4 Å².